The quantitative estimate of drug-likeness (QED) is 0.800. The second kappa shape index (κ2) is 8.84. The SMILES string of the molecule is CCN(CC)S(=O)(=O)c1cc(NC(=O)C2CCN(C(C)=O)CC2)ccc1C. The molecule has 2 rings (SSSR count). The van der Waals surface area contributed by atoms with Gasteiger partial charge in [0.25, 0.3) is 0 Å². The van der Waals surface area contributed by atoms with Gasteiger partial charge in [-0.15, -0.1) is 0 Å². The number of nitrogens with zero attached hydrogens (tertiary/aromatic N) is 2. The lowest BCUT2D eigenvalue weighted by Gasteiger charge is -2.30. The molecule has 0 bridgehead atoms. The summed E-state index contributed by atoms with van der Waals surface area (Å²) in [5, 5.41) is 2.85. The van der Waals surface area contributed by atoms with E-state index in [2.05, 4.69) is 5.32 Å². The van der Waals surface area contributed by atoms with Crippen molar-refractivity contribution in [3.63, 3.8) is 0 Å². The number of benzene rings is 1. The number of hydrogen-bond donors (Lipinski definition) is 1. The van der Waals surface area contributed by atoms with Crippen molar-refractivity contribution < 1.29 is 18.0 Å². The van der Waals surface area contributed by atoms with E-state index >= 15 is 0 Å². The Hall–Kier alpha value is -1.93. The number of aryl methyl sites for hydroxylation is 1. The van der Waals surface area contributed by atoms with Gasteiger partial charge in [-0.1, -0.05) is 19.9 Å². The standard InChI is InChI=1S/C19H29N3O4S/c1-5-22(6-2)27(25,26)18-13-17(8-7-14(18)3)20-19(24)16-9-11-21(12-10-16)15(4)23/h7-8,13,16H,5-6,9-12H2,1-4H3,(H,20,24). The lowest BCUT2D eigenvalue weighted by molar-refractivity contribution is -0.132. The van der Waals surface area contributed by atoms with Crippen LogP contribution in [0.1, 0.15) is 39.2 Å². The average Bonchev–Trinajstić information content (AvgIpc) is 2.64. The number of hydrogen-bond acceptors (Lipinski definition) is 4. The zero-order valence-corrected chi connectivity index (χ0v) is 17.3. The van der Waals surface area contributed by atoms with E-state index in [4.69, 9.17) is 0 Å². The number of carbonyl (C=O) groups excluding carboxylic acids is 2. The Morgan fingerprint density at radius 3 is 2.30 bits per heavy atom. The normalized spacial score (nSPS) is 15.8. The third-order valence-electron chi connectivity index (χ3n) is 5.09. The van der Waals surface area contributed by atoms with Gasteiger partial charge in [-0.25, -0.2) is 8.42 Å². The molecule has 0 spiro atoms. The van der Waals surface area contributed by atoms with E-state index in [-0.39, 0.29) is 22.6 Å². The van der Waals surface area contributed by atoms with Crippen molar-refractivity contribution in [2.75, 3.05) is 31.5 Å². The summed E-state index contributed by atoms with van der Waals surface area (Å²) in [7, 11) is -3.59. The molecule has 7 nitrogen and oxygen atoms in total. The van der Waals surface area contributed by atoms with Crippen molar-refractivity contribution >= 4 is 27.5 Å². The molecule has 2 amide bonds. The maximum Gasteiger partial charge on any atom is 0.243 e. The van der Waals surface area contributed by atoms with Crippen LogP contribution in [-0.2, 0) is 19.6 Å². The molecule has 1 aliphatic heterocycles. The van der Waals surface area contributed by atoms with Crippen molar-refractivity contribution in [2.24, 2.45) is 5.92 Å². The Labute approximate surface area is 161 Å². The molecule has 0 radical (unpaired) electrons. The van der Waals surface area contributed by atoms with Gasteiger partial charge in [-0.3, -0.25) is 9.59 Å². The van der Waals surface area contributed by atoms with Crippen LogP contribution in [0.2, 0.25) is 0 Å². The van der Waals surface area contributed by atoms with E-state index in [0.29, 0.717) is 50.3 Å². The maximum absolute atomic E-state index is 12.8. The Morgan fingerprint density at radius 1 is 1.19 bits per heavy atom. The number of piperidine rings is 1. The average molecular weight is 396 g/mol. The highest BCUT2D eigenvalue weighted by Gasteiger charge is 2.27. The first-order valence-electron chi connectivity index (χ1n) is 9.37. The fourth-order valence-corrected chi connectivity index (χ4v) is 5.07. The molecule has 0 aliphatic carbocycles. The molecule has 0 saturated carbocycles. The number of sulfonamides is 1. The predicted octanol–water partition coefficient (Wildman–Crippen LogP) is 2.22. The molecule has 1 aliphatic rings. The highest BCUT2D eigenvalue weighted by Crippen LogP contribution is 2.25. The number of anilines is 1. The summed E-state index contributed by atoms with van der Waals surface area (Å²) in [4.78, 5) is 25.9. The summed E-state index contributed by atoms with van der Waals surface area (Å²) < 4.78 is 27.1. The van der Waals surface area contributed by atoms with E-state index in [0.717, 1.165) is 0 Å². The third kappa shape index (κ3) is 4.87. The number of carbonyl (C=O) groups is 2. The molecule has 1 aromatic rings. The molecule has 1 aromatic carbocycles. The molecular formula is C19H29N3O4S. The topological polar surface area (TPSA) is 86.8 Å². The molecule has 8 heteroatoms. The van der Waals surface area contributed by atoms with Gasteiger partial charge in [0.05, 0.1) is 4.90 Å². The van der Waals surface area contributed by atoms with E-state index in [1.165, 1.54) is 17.3 Å². The summed E-state index contributed by atoms with van der Waals surface area (Å²) in [6, 6.07) is 4.97. The van der Waals surface area contributed by atoms with E-state index < -0.39 is 10.0 Å². The van der Waals surface area contributed by atoms with Crippen LogP contribution in [0, 0.1) is 12.8 Å². The third-order valence-corrected chi connectivity index (χ3v) is 7.28. The van der Waals surface area contributed by atoms with Crippen LogP contribution in [0.3, 0.4) is 0 Å². The zero-order valence-electron chi connectivity index (χ0n) is 16.5. The van der Waals surface area contributed by atoms with Crippen LogP contribution in [0.15, 0.2) is 23.1 Å². The van der Waals surface area contributed by atoms with Crippen molar-refractivity contribution in [3.05, 3.63) is 23.8 Å². The number of likely N-dealkylation sites (tertiary alicyclic amines) is 1. The zero-order chi connectivity index (χ0) is 20.2. The number of nitrogens with one attached hydrogen (secondary N) is 1. The summed E-state index contributed by atoms with van der Waals surface area (Å²) in [5.74, 6) is -0.281. The number of rotatable bonds is 6. The van der Waals surface area contributed by atoms with Gasteiger partial charge in [0.2, 0.25) is 21.8 Å². The fraction of sp³-hybridized carbons (Fsp3) is 0.579. The van der Waals surface area contributed by atoms with Crippen molar-refractivity contribution in [1.82, 2.24) is 9.21 Å². The van der Waals surface area contributed by atoms with E-state index in [1.807, 2.05) is 0 Å². The number of amides is 2. The van der Waals surface area contributed by atoms with E-state index in [9.17, 15) is 18.0 Å². The largest absolute Gasteiger partial charge is 0.343 e. The van der Waals surface area contributed by atoms with Gasteiger partial charge in [0.15, 0.2) is 0 Å². The Balaban J connectivity index is 2.14. The summed E-state index contributed by atoms with van der Waals surface area (Å²) in [5.41, 5.74) is 1.12. The molecule has 1 fully saturated rings. The predicted molar refractivity (Wildman–Crippen MR) is 105 cm³/mol. The Morgan fingerprint density at radius 2 is 1.78 bits per heavy atom. The molecule has 0 aromatic heterocycles. The molecule has 0 atom stereocenters. The molecule has 1 N–H and O–H groups in total. The molecule has 150 valence electrons. The minimum absolute atomic E-state index is 0.0265. The molecule has 1 heterocycles. The Bertz CT molecular complexity index is 795. The molecule has 27 heavy (non-hydrogen) atoms. The minimum Gasteiger partial charge on any atom is -0.343 e. The maximum atomic E-state index is 12.8. The van der Waals surface area contributed by atoms with E-state index in [1.54, 1.807) is 37.8 Å². The summed E-state index contributed by atoms with van der Waals surface area (Å²) in [6.45, 7) is 8.81. The van der Waals surface area contributed by atoms with Gasteiger partial charge in [0, 0.05) is 44.7 Å². The second-order valence-corrected chi connectivity index (χ2v) is 8.75. The smallest absolute Gasteiger partial charge is 0.243 e. The molecule has 1 saturated heterocycles. The van der Waals surface area contributed by atoms with Gasteiger partial charge in [-0.05, 0) is 37.5 Å². The van der Waals surface area contributed by atoms with Crippen molar-refractivity contribution in [3.8, 4) is 0 Å². The van der Waals surface area contributed by atoms with Crippen LogP contribution >= 0.6 is 0 Å². The highest BCUT2D eigenvalue weighted by atomic mass is 32.2. The molecular weight excluding hydrogens is 366 g/mol. The van der Waals surface area contributed by atoms with Gasteiger partial charge in [-0.2, -0.15) is 4.31 Å². The first-order chi connectivity index (χ1) is 12.7. The van der Waals surface area contributed by atoms with Gasteiger partial charge in [0.1, 0.15) is 0 Å². The van der Waals surface area contributed by atoms with Crippen LogP contribution in [0.25, 0.3) is 0 Å². The van der Waals surface area contributed by atoms with Gasteiger partial charge >= 0.3 is 0 Å². The second-order valence-electron chi connectivity index (χ2n) is 6.84. The van der Waals surface area contributed by atoms with Gasteiger partial charge < -0.3 is 10.2 Å². The first kappa shape index (κ1) is 21.4. The van der Waals surface area contributed by atoms with Crippen LogP contribution in [-0.4, -0.2) is 55.6 Å². The van der Waals surface area contributed by atoms with Crippen LogP contribution in [0.5, 0.6) is 0 Å². The molecule has 0 unspecified atom stereocenters. The fourth-order valence-electron chi connectivity index (χ4n) is 3.36. The summed E-state index contributed by atoms with van der Waals surface area (Å²) in [6.07, 6.45) is 1.23. The first-order valence-corrected chi connectivity index (χ1v) is 10.8. The lowest BCUT2D eigenvalue weighted by atomic mass is 9.96. The lowest BCUT2D eigenvalue weighted by Crippen LogP contribution is -2.40. The van der Waals surface area contributed by atoms with Crippen molar-refractivity contribution in [2.45, 2.75) is 45.4 Å². The Kier molecular flexibility index (Phi) is 7.00. The van der Waals surface area contributed by atoms with Crippen molar-refractivity contribution in [1.29, 1.82) is 0 Å². The minimum atomic E-state index is -3.59. The van der Waals surface area contributed by atoms with Crippen LogP contribution < -0.4 is 5.32 Å². The highest BCUT2D eigenvalue weighted by molar-refractivity contribution is 7.89. The van der Waals surface area contributed by atoms with Crippen LogP contribution in [0.4, 0.5) is 5.69 Å². The summed E-state index contributed by atoms with van der Waals surface area (Å²) >= 11 is 0. The monoisotopic (exact) mass is 395 g/mol.